The molecule has 0 atom stereocenters. The molecule has 2 saturated heterocycles. The van der Waals surface area contributed by atoms with E-state index in [4.69, 9.17) is 19.8 Å². The molecule has 0 bridgehead atoms. The van der Waals surface area contributed by atoms with E-state index in [1.54, 1.807) is 0 Å². The van der Waals surface area contributed by atoms with Crippen molar-refractivity contribution in [1.82, 2.24) is 9.80 Å². The topological polar surface area (TPSA) is 81.1 Å². The van der Waals surface area contributed by atoms with Gasteiger partial charge in [-0.25, -0.2) is 9.59 Å². The van der Waals surface area contributed by atoms with Gasteiger partial charge >= 0.3 is 24.3 Å². The Morgan fingerprint density at radius 1 is 0.865 bits per heavy atom. The van der Waals surface area contributed by atoms with Crippen LogP contribution in [0.4, 0.5) is 26.3 Å². The van der Waals surface area contributed by atoms with E-state index < -0.39 is 24.3 Å². The molecular formula is C25H34F6N2O4. The first kappa shape index (κ1) is 30.9. The molecule has 1 aromatic carbocycles. The van der Waals surface area contributed by atoms with E-state index in [9.17, 15) is 26.3 Å². The first-order chi connectivity index (χ1) is 17.1. The van der Waals surface area contributed by atoms with Crippen molar-refractivity contribution in [1.29, 1.82) is 0 Å². The Balaban J connectivity index is 0.000000286. The smallest absolute Gasteiger partial charge is 0.475 e. The van der Waals surface area contributed by atoms with E-state index in [0.29, 0.717) is 5.41 Å². The Hall–Kier alpha value is -2.34. The zero-order valence-electron chi connectivity index (χ0n) is 20.7. The molecule has 3 fully saturated rings. The van der Waals surface area contributed by atoms with E-state index in [2.05, 4.69) is 41.0 Å². The molecule has 3 aliphatic rings. The molecule has 0 amide bonds. The Bertz CT molecular complexity index is 853. The summed E-state index contributed by atoms with van der Waals surface area (Å²) in [5.41, 5.74) is 3.48. The number of nitrogens with zero attached hydrogens (tertiary/aromatic N) is 2. The molecule has 0 radical (unpaired) electrons. The number of aryl methyl sites for hydroxylation is 1. The standard InChI is InChI=1S/C21H32N2.2C2HF3O2/c1-18-3-5-19(6-4-18)16-23-12-2-9-21(17-23)10-13-22(14-11-21)15-20-7-8-20;2*3-2(4,5)1(6)7/h3-6,20H,2,7-17H2,1H3;2*(H,6,7). The number of hydrogen-bond donors (Lipinski definition) is 2. The van der Waals surface area contributed by atoms with Crippen LogP contribution >= 0.6 is 0 Å². The van der Waals surface area contributed by atoms with Gasteiger partial charge in [-0.1, -0.05) is 29.8 Å². The van der Waals surface area contributed by atoms with Crippen molar-refractivity contribution in [3.05, 3.63) is 35.4 Å². The highest BCUT2D eigenvalue weighted by Gasteiger charge is 2.40. The monoisotopic (exact) mass is 540 g/mol. The highest BCUT2D eigenvalue weighted by atomic mass is 19.4. The van der Waals surface area contributed by atoms with E-state index in [-0.39, 0.29) is 0 Å². The minimum Gasteiger partial charge on any atom is -0.475 e. The number of hydrogen-bond acceptors (Lipinski definition) is 4. The summed E-state index contributed by atoms with van der Waals surface area (Å²) in [7, 11) is 0. The van der Waals surface area contributed by atoms with E-state index in [1.165, 1.54) is 82.4 Å². The van der Waals surface area contributed by atoms with Crippen LogP contribution in [0.1, 0.15) is 49.7 Å². The maximum atomic E-state index is 10.6. The fraction of sp³-hybridized carbons (Fsp3) is 0.680. The number of carboxylic acids is 2. The summed E-state index contributed by atoms with van der Waals surface area (Å²) in [6.45, 7) is 10.1. The van der Waals surface area contributed by atoms with Crippen LogP contribution in [0.3, 0.4) is 0 Å². The van der Waals surface area contributed by atoms with Crippen LogP contribution in [0.5, 0.6) is 0 Å². The summed E-state index contributed by atoms with van der Waals surface area (Å²) in [5.74, 6) is -4.46. The van der Waals surface area contributed by atoms with Gasteiger partial charge in [0, 0.05) is 19.6 Å². The lowest BCUT2D eigenvalue weighted by Crippen LogP contribution is -2.49. The summed E-state index contributed by atoms with van der Waals surface area (Å²) in [4.78, 5) is 23.3. The second kappa shape index (κ2) is 12.9. The van der Waals surface area contributed by atoms with Gasteiger partial charge in [0.15, 0.2) is 0 Å². The zero-order chi connectivity index (χ0) is 27.9. The molecule has 1 aromatic rings. The molecular weight excluding hydrogens is 506 g/mol. The quantitative estimate of drug-likeness (QED) is 0.502. The SMILES string of the molecule is Cc1ccc(CN2CCCC3(CCN(CC4CC4)CC3)C2)cc1.O=C(O)C(F)(F)F.O=C(O)C(F)(F)F. The minimum absolute atomic E-state index is 0.628. The highest BCUT2D eigenvalue weighted by Crippen LogP contribution is 2.41. The van der Waals surface area contributed by atoms with E-state index in [1.807, 2.05) is 0 Å². The number of halogens is 6. The van der Waals surface area contributed by atoms with Gasteiger partial charge in [-0.2, -0.15) is 26.3 Å². The van der Waals surface area contributed by atoms with Crippen LogP contribution in [0.2, 0.25) is 0 Å². The predicted molar refractivity (Wildman–Crippen MR) is 124 cm³/mol. The molecule has 12 heteroatoms. The third kappa shape index (κ3) is 11.3. The number of aliphatic carboxylic acids is 2. The van der Waals surface area contributed by atoms with Crippen LogP contribution in [-0.4, -0.2) is 77.0 Å². The maximum Gasteiger partial charge on any atom is 0.490 e. The third-order valence-electron chi connectivity index (χ3n) is 6.88. The normalized spacial score (nSPS) is 20.3. The molecule has 0 unspecified atom stereocenters. The Labute approximate surface area is 212 Å². The number of benzene rings is 1. The highest BCUT2D eigenvalue weighted by molar-refractivity contribution is 5.73. The number of piperidine rings is 2. The molecule has 1 aliphatic carbocycles. The largest absolute Gasteiger partial charge is 0.490 e. The van der Waals surface area contributed by atoms with Gasteiger partial charge in [-0.05, 0) is 82.0 Å². The van der Waals surface area contributed by atoms with E-state index >= 15 is 0 Å². The van der Waals surface area contributed by atoms with Gasteiger partial charge in [0.1, 0.15) is 0 Å². The van der Waals surface area contributed by atoms with Crippen molar-refractivity contribution in [3.8, 4) is 0 Å². The summed E-state index contributed by atoms with van der Waals surface area (Å²) in [5, 5.41) is 14.2. The number of carbonyl (C=O) groups is 2. The summed E-state index contributed by atoms with van der Waals surface area (Å²) < 4.78 is 63.5. The average molecular weight is 541 g/mol. The van der Waals surface area contributed by atoms with Gasteiger partial charge in [-0.15, -0.1) is 0 Å². The summed E-state index contributed by atoms with van der Waals surface area (Å²) in [6.07, 6.45) is -1.45. The first-order valence-corrected chi connectivity index (χ1v) is 12.2. The van der Waals surface area contributed by atoms with Gasteiger partial charge in [0.2, 0.25) is 0 Å². The molecule has 2 N–H and O–H groups in total. The molecule has 1 spiro atoms. The first-order valence-electron chi connectivity index (χ1n) is 12.2. The Morgan fingerprint density at radius 2 is 1.35 bits per heavy atom. The molecule has 6 nitrogen and oxygen atoms in total. The molecule has 2 heterocycles. The summed E-state index contributed by atoms with van der Waals surface area (Å²) in [6, 6.07) is 9.14. The van der Waals surface area contributed by atoms with Crippen molar-refractivity contribution < 1.29 is 46.1 Å². The van der Waals surface area contributed by atoms with Gasteiger partial charge < -0.3 is 15.1 Å². The van der Waals surface area contributed by atoms with Gasteiger partial charge in [0.05, 0.1) is 0 Å². The van der Waals surface area contributed by atoms with Crippen LogP contribution in [-0.2, 0) is 16.1 Å². The molecule has 37 heavy (non-hydrogen) atoms. The molecule has 1 saturated carbocycles. The van der Waals surface area contributed by atoms with Gasteiger partial charge in [-0.3, -0.25) is 4.90 Å². The average Bonchev–Trinajstić information content (AvgIpc) is 3.61. The maximum absolute atomic E-state index is 10.6. The van der Waals surface area contributed by atoms with Crippen molar-refractivity contribution in [2.75, 3.05) is 32.7 Å². The van der Waals surface area contributed by atoms with Crippen molar-refractivity contribution in [3.63, 3.8) is 0 Å². The minimum atomic E-state index is -5.08. The van der Waals surface area contributed by atoms with Crippen LogP contribution in [0.15, 0.2) is 24.3 Å². The number of likely N-dealkylation sites (tertiary alicyclic amines) is 2. The third-order valence-corrected chi connectivity index (χ3v) is 6.88. The van der Waals surface area contributed by atoms with Gasteiger partial charge in [0.25, 0.3) is 0 Å². The van der Waals surface area contributed by atoms with Crippen molar-refractivity contribution in [2.45, 2.75) is 64.3 Å². The molecule has 0 aromatic heterocycles. The van der Waals surface area contributed by atoms with E-state index in [0.717, 1.165) is 12.5 Å². The van der Waals surface area contributed by atoms with Crippen LogP contribution in [0, 0.1) is 18.3 Å². The summed E-state index contributed by atoms with van der Waals surface area (Å²) >= 11 is 0. The van der Waals surface area contributed by atoms with Crippen LogP contribution < -0.4 is 0 Å². The predicted octanol–water partition coefficient (Wildman–Crippen LogP) is 5.35. The number of rotatable bonds is 4. The zero-order valence-corrected chi connectivity index (χ0v) is 20.7. The number of alkyl halides is 6. The second-order valence-electron chi connectivity index (χ2n) is 10.1. The molecule has 4 rings (SSSR count). The lowest BCUT2D eigenvalue weighted by atomic mass is 9.72. The van der Waals surface area contributed by atoms with Crippen molar-refractivity contribution >= 4 is 11.9 Å². The Morgan fingerprint density at radius 3 is 1.78 bits per heavy atom. The van der Waals surface area contributed by atoms with Crippen molar-refractivity contribution in [2.24, 2.45) is 11.3 Å². The second-order valence-corrected chi connectivity index (χ2v) is 10.1. The van der Waals surface area contributed by atoms with Crippen LogP contribution in [0.25, 0.3) is 0 Å². The fourth-order valence-corrected chi connectivity index (χ4v) is 4.68. The number of carboxylic acid groups (broad SMARTS) is 2. The molecule has 2 aliphatic heterocycles. The fourth-order valence-electron chi connectivity index (χ4n) is 4.68. The lowest BCUT2D eigenvalue weighted by Gasteiger charge is -2.48. The molecule has 210 valence electrons. The Kier molecular flexibility index (Phi) is 10.8. The lowest BCUT2D eigenvalue weighted by molar-refractivity contribution is -0.193.